The van der Waals surface area contributed by atoms with Crippen LogP contribution in [0.25, 0.3) is 0 Å². The second-order valence-electron chi connectivity index (χ2n) is 5.92. The highest BCUT2D eigenvalue weighted by atomic mass is 35.5. The van der Waals surface area contributed by atoms with Crippen molar-refractivity contribution in [2.24, 2.45) is 0 Å². The van der Waals surface area contributed by atoms with Crippen molar-refractivity contribution in [2.75, 3.05) is 25.6 Å². The first-order chi connectivity index (χ1) is 11.4. The summed E-state index contributed by atoms with van der Waals surface area (Å²) >= 11 is 6.24. The van der Waals surface area contributed by atoms with Crippen molar-refractivity contribution in [3.63, 3.8) is 0 Å². The Morgan fingerprint density at radius 3 is 2.62 bits per heavy atom. The number of hydrogen-bond acceptors (Lipinski definition) is 4. The minimum Gasteiger partial charge on any atom is -0.487 e. The van der Waals surface area contributed by atoms with Gasteiger partial charge < -0.3 is 19.5 Å². The number of nitrogens with one attached hydrogen (secondary N) is 1. The molecule has 1 amide bonds. The minimum atomic E-state index is -0.857. The average Bonchev–Trinajstić information content (AvgIpc) is 2.55. The van der Waals surface area contributed by atoms with Crippen LogP contribution in [0.15, 0.2) is 18.2 Å². The van der Waals surface area contributed by atoms with E-state index in [-0.39, 0.29) is 12.0 Å². The van der Waals surface area contributed by atoms with Crippen molar-refractivity contribution in [2.45, 2.75) is 52.2 Å². The molecule has 136 valence electrons. The zero-order valence-electron chi connectivity index (χ0n) is 15.1. The number of anilines is 1. The summed E-state index contributed by atoms with van der Waals surface area (Å²) in [7, 11) is 1.62. The number of hydrogen-bond donors (Lipinski definition) is 1. The lowest BCUT2D eigenvalue weighted by Crippen LogP contribution is -2.42. The maximum Gasteiger partial charge on any atom is 0.256 e. The van der Waals surface area contributed by atoms with E-state index < -0.39 is 5.60 Å². The number of ether oxygens (including phenoxy) is 3. The van der Waals surface area contributed by atoms with E-state index in [1.165, 1.54) is 0 Å². The molecule has 6 heteroatoms. The lowest BCUT2D eigenvalue weighted by atomic mass is 10.0. The highest BCUT2D eigenvalue weighted by molar-refractivity contribution is 6.32. The van der Waals surface area contributed by atoms with E-state index in [1.54, 1.807) is 32.2 Å². The Morgan fingerprint density at radius 2 is 2.08 bits per heavy atom. The van der Waals surface area contributed by atoms with Crippen molar-refractivity contribution in [1.82, 2.24) is 0 Å². The molecule has 0 aliphatic heterocycles. The summed E-state index contributed by atoms with van der Waals surface area (Å²) in [6.07, 6.45) is 1.33. The van der Waals surface area contributed by atoms with Gasteiger partial charge >= 0.3 is 0 Å². The van der Waals surface area contributed by atoms with Crippen LogP contribution in [0.1, 0.15) is 40.5 Å². The van der Waals surface area contributed by atoms with Crippen LogP contribution in [0, 0.1) is 0 Å². The van der Waals surface area contributed by atoms with Gasteiger partial charge in [0.1, 0.15) is 17.5 Å². The normalized spacial score (nSPS) is 14.8. The Labute approximate surface area is 149 Å². The number of amides is 1. The Hall–Kier alpha value is -1.30. The van der Waals surface area contributed by atoms with Crippen LogP contribution in [0.2, 0.25) is 5.02 Å². The third-order valence-corrected chi connectivity index (χ3v) is 3.99. The SMILES string of the molecule is CCCO[C@](C)(CC)C(=O)Nc1ccc(O[C@H](C)COC)c(Cl)c1. The lowest BCUT2D eigenvalue weighted by molar-refractivity contribution is -0.139. The fourth-order valence-corrected chi connectivity index (χ4v) is 2.30. The average molecular weight is 358 g/mol. The molecule has 5 nitrogen and oxygen atoms in total. The van der Waals surface area contributed by atoms with Crippen LogP contribution in [0.4, 0.5) is 5.69 Å². The molecule has 0 heterocycles. The van der Waals surface area contributed by atoms with E-state index in [9.17, 15) is 4.79 Å². The molecule has 0 saturated carbocycles. The summed E-state index contributed by atoms with van der Waals surface area (Å²) in [5.41, 5.74) is -0.249. The Morgan fingerprint density at radius 1 is 1.38 bits per heavy atom. The van der Waals surface area contributed by atoms with Crippen molar-refractivity contribution in [3.8, 4) is 5.75 Å². The summed E-state index contributed by atoms with van der Waals surface area (Å²) in [5.74, 6) is 0.371. The lowest BCUT2D eigenvalue weighted by Gasteiger charge is -2.27. The molecule has 0 saturated heterocycles. The predicted octanol–water partition coefficient (Wildman–Crippen LogP) is 4.29. The molecule has 1 aromatic carbocycles. The first-order valence-electron chi connectivity index (χ1n) is 8.26. The minimum absolute atomic E-state index is 0.112. The smallest absolute Gasteiger partial charge is 0.256 e. The van der Waals surface area contributed by atoms with Gasteiger partial charge in [-0.15, -0.1) is 0 Å². The first kappa shape index (κ1) is 20.7. The maximum atomic E-state index is 12.5. The zero-order valence-corrected chi connectivity index (χ0v) is 15.9. The molecule has 0 bridgehead atoms. The van der Waals surface area contributed by atoms with E-state index in [4.69, 9.17) is 25.8 Å². The van der Waals surface area contributed by atoms with Gasteiger partial charge in [0.25, 0.3) is 5.91 Å². The van der Waals surface area contributed by atoms with Crippen molar-refractivity contribution >= 4 is 23.2 Å². The summed E-state index contributed by atoms with van der Waals surface area (Å²) in [6, 6.07) is 5.17. The number of halogens is 1. The highest BCUT2D eigenvalue weighted by Gasteiger charge is 2.32. The second-order valence-corrected chi connectivity index (χ2v) is 6.32. The van der Waals surface area contributed by atoms with Gasteiger partial charge in [-0.25, -0.2) is 0 Å². The van der Waals surface area contributed by atoms with E-state index in [0.717, 1.165) is 6.42 Å². The zero-order chi connectivity index (χ0) is 18.2. The quantitative estimate of drug-likeness (QED) is 0.678. The van der Waals surface area contributed by atoms with Crippen LogP contribution in [-0.2, 0) is 14.3 Å². The van der Waals surface area contributed by atoms with Crippen LogP contribution >= 0.6 is 11.6 Å². The highest BCUT2D eigenvalue weighted by Crippen LogP contribution is 2.29. The molecule has 0 aliphatic carbocycles. The molecule has 0 unspecified atom stereocenters. The molecule has 24 heavy (non-hydrogen) atoms. The molecular weight excluding hydrogens is 330 g/mol. The van der Waals surface area contributed by atoms with Crippen molar-refractivity contribution in [3.05, 3.63) is 23.2 Å². The van der Waals surface area contributed by atoms with Crippen LogP contribution in [-0.4, -0.2) is 37.9 Å². The fourth-order valence-electron chi connectivity index (χ4n) is 2.08. The topological polar surface area (TPSA) is 56.8 Å². The van der Waals surface area contributed by atoms with Crippen LogP contribution < -0.4 is 10.1 Å². The Bertz CT molecular complexity index is 538. The van der Waals surface area contributed by atoms with Gasteiger partial charge in [-0.3, -0.25) is 4.79 Å². The molecule has 2 atom stereocenters. The molecule has 0 radical (unpaired) electrons. The van der Waals surface area contributed by atoms with Gasteiger partial charge in [-0.1, -0.05) is 25.4 Å². The standard InChI is InChI=1S/C18H28ClNO4/c1-6-10-23-18(4,7-2)17(21)20-14-8-9-16(15(19)11-14)24-13(3)12-22-5/h8-9,11,13H,6-7,10,12H2,1-5H3,(H,20,21)/t13-,18-/m1/s1. The molecular formula is C18H28ClNO4. The van der Waals surface area contributed by atoms with Crippen LogP contribution in [0.5, 0.6) is 5.75 Å². The van der Waals surface area contributed by atoms with Gasteiger partial charge in [-0.05, 0) is 44.9 Å². The van der Waals surface area contributed by atoms with E-state index in [0.29, 0.717) is 36.1 Å². The largest absolute Gasteiger partial charge is 0.487 e. The summed E-state index contributed by atoms with van der Waals surface area (Å²) < 4.78 is 16.4. The number of carbonyl (C=O) groups excluding carboxylic acids is 1. The van der Waals surface area contributed by atoms with E-state index >= 15 is 0 Å². The summed E-state index contributed by atoms with van der Waals surface area (Å²) in [5, 5.41) is 3.29. The van der Waals surface area contributed by atoms with Gasteiger partial charge in [0.2, 0.25) is 0 Å². The first-order valence-corrected chi connectivity index (χ1v) is 8.64. The van der Waals surface area contributed by atoms with Gasteiger partial charge in [-0.2, -0.15) is 0 Å². The molecule has 0 spiro atoms. The third kappa shape index (κ3) is 5.96. The van der Waals surface area contributed by atoms with Gasteiger partial charge in [0.15, 0.2) is 0 Å². The summed E-state index contributed by atoms with van der Waals surface area (Å²) in [6.45, 7) is 8.64. The third-order valence-electron chi connectivity index (χ3n) is 3.70. The van der Waals surface area contributed by atoms with Crippen molar-refractivity contribution < 1.29 is 19.0 Å². The molecule has 0 aliphatic rings. The van der Waals surface area contributed by atoms with Gasteiger partial charge in [0, 0.05) is 19.4 Å². The molecule has 1 rings (SSSR count). The maximum absolute atomic E-state index is 12.5. The number of rotatable bonds is 10. The second kappa shape index (κ2) is 9.87. The molecule has 0 fully saturated rings. The monoisotopic (exact) mass is 357 g/mol. The van der Waals surface area contributed by atoms with Crippen molar-refractivity contribution in [1.29, 1.82) is 0 Å². The molecule has 0 aromatic heterocycles. The Kier molecular flexibility index (Phi) is 8.53. The number of methoxy groups -OCH3 is 1. The van der Waals surface area contributed by atoms with E-state index in [2.05, 4.69) is 5.32 Å². The summed E-state index contributed by atoms with van der Waals surface area (Å²) in [4.78, 5) is 12.5. The van der Waals surface area contributed by atoms with Crippen LogP contribution in [0.3, 0.4) is 0 Å². The number of benzene rings is 1. The number of carbonyl (C=O) groups is 1. The predicted molar refractivity (Wildman–Crippen MR) is 97.0 cm³/mol. The molecule has 1 N–H and O–H groups in total. The van der Waals surface area contributed by atoms with E-state index in [1.807, 2.05) is 20.8 Å². The van der Waals surface area contributed by atoms with Gasteiger partial charge in [0.05, 0.1) is 11.6 Å². The molecule has 1 aromatic rings. The fraction of sp³-hybridized carbons (Fsp3) is 0.611. The Balaban J connectivity index is 2.78.